The molecule has 0 atom stereocenters. The van der Waals surface area contributed by atoms with Crippen molar-refractivity contribution in [2.24, 2.45) is 10.9 Å². The molecule has 6 heteroatoms. The first kappa shape index (κ1) is 21.9. The molecule has 4 rings (SSSR count). The molecule has 3 aliphatic rings. The number of anilines is 1. The smallest absolute Gasteiger partial charge is 0.410 e. The van der Waals surface area contributed by atoms with Crippen molar-refractivity contribution in [3.8, 4) is 0 Å². The third kappa shape index (κ3) is 4.95. The third-order valence-electron chi connectivity index (χ3n) is 6.45. The molecule has 0 unspecified atom stereocenters. The van der Waals surface area contributed by atoms with E-state index < -0.39 is 5.60 Å². The molecule has 3 heterocycles. The molecular weight excluding hydrogens is 390 g/mol. The number of carbonyl (C=O) groups is 1. The van der Waals surface area contributed by atoms with Gasteiger partial charge in [0.05, 0.1) is 25.8 Å². The van der Waals surface area contributed by atoms with E-state index in [1.165, 1.54) is 28.1 Å². The molecule has 1 aromatic rings. The van der Waals surface area contributed by atoms with Gasteiger partial charge < -0.3 is 19.3 Å². The minimum atomic E-state index is -0.451. The van der Waals surface area contributed by atoms with Gasteiger partial charge in [0.2, 0.25) is 0 Å². The average Bonchev–Trinajstić information content (AvgIpc) is 3.16. The van der Waals surface area contributed by atoms with Crippen molar-refractivity contribution in [1.29, 1.82) is 0 Å². The van der Waals surface area contributed by atoms with Crippen LogP contribution in [-0.2, 0) is 9.47 Å². The van der Waals surface area contributed by atoms with Crippen LogP contribution in [0.3, 0.4) is 0 Å². The number of piperidine rings is 1. The van der Waals surface area contributed by atoms with Crippen LogP contribution in [0.1, 0.15) is 44.7 Å². The van der Waals surface area contributed by atoms with Crippen molar-refractivity contribution in [1.82, 2.24) is 4.90 Å². The molecule has 0 aromatic heterocycles. The van der Waals surface area contributed by atoms with E-state index in [9.17, 15) is 4.79 Å². The van der Waals surface area contributed by atoms with Gasteiger partial charge in [-0.05, 0) is 69.4 Å². The van der Waals surface area contributed by atoms with Gasteiger partial charge in [0.15, 0.2) is 0 Å². The average molecular weight is 426 g/mol. The van der Waals surface area contributed by atoms with Gasteiger partial charge in [-0.2, -0.15) is 0 Å². The molecule has 2 fully saturated rings. The van der Waals surface area contributed by atoms with Crippen molar-refractivity contribution in [2.75, 3.05) is 44.8 Å². The highest BCUT2D eigenvalue weighted by Gasteiger charge is 2.30. The molecule has 0 spiro atoms. The van der Waals surface area contributed by atoms with Gasteiger partial charge in [0, 0.05) is 37.5 Å². The molecule has 3 aliphatic heterocycles. The SMILES string of the molecule is Cc1ccc(C2=CC(C3CCN(C(=O)OC(C)(C)C)CC3)=NC2)cc1N(C)C1COC1. The number of benzene rings is 1. The number of likely N-dealkylation sites (tertiary alicyclic amines) is 1. The molecule has 1 amide bonds. The summed E-state index contributed by atoms with van der Waals surface area (Å²) in [5.74, 6) is 0.413. The van der Waals surface area contributed by atoms with E-state index in [4.69, 9.17) is 14.5 Å². The summed E-state index contributed by atoms with van der Waals surface area (Å²) in [5.41, 5.74) is 5.81. The summed E-state index contributed by atoms with van der Waals surface area (Å²) < 4.78 is 10.9. The van der Waals surface area contributed by atoms with Gasteiger partial charge in [0.1, 0.15) is 5.60 Å². The first-order chi connectivity index (χ1) is 14.7. The van der Waals surface area contributed by atoms with Crippen LogP contribution >= 0.6 is 0 Å². The summed E-state index contributed by atoms with van der Waals surface area (Å²) in [6.07, 6.45) is 3.94. The molecule has 6 nitrogen and oxygen atoms in total. The van der Waals surface area contributed by atoms with Crippen molar-refractivity contribution < 1.29 is 14.3 Å². The maximum absolute atomic E-state index is 12.3. The third-order valence-corrected chi connectivity index (χ3v) is 6.45. The fourth-order valence-corrected chi connectivity index (χ4v) is 4.38. The summed E-state index contributed by atoms with van der Waals surface area (Å²) in [6.45, 7) is 11.7. The minimum absolute atomic E-state index is 0.205. The standard InChI is InChI=1S/C25H35N3O3/c1-17-6-7-19(13-23(17)27(5)21-15-30-16-21)20-12-22(26-14-20)18-8-10-28(11-9-18)24(29)31-25(2,3)4/h6-7,12-13,18,21H,8-11,14-16H2,1-5H3. The summed E-state index contributed by atoms with van der Waals surface area (Å²) >= 11 is 0. The number of nitrogens with zero attached hydrogens (tertiary/aromatic N) is 3. The Balaban J connectivity index is 1.39. The Bertz CT molecular complexity index is 888. The lowest BCUT2D eigenvalue weighted by Crippen LogP contribution is -2.47. The van der Waals surface area contributed by atoms with E-state index in [2.05, 4.69) is 43.1 Å². The predicted octanol–water partition coefficient (Wildman–Crippen LogP) is 4.32. The Kier molecular flexibility index (Phi) is 6.11. The second-order valence-electron chi connectivity index (χ2n) is 9.96. The van der Waals surface area contributed by atoms with Crippen molar-refractivity contribution in [2.45, 2.75) is 52.2 Å². The zero-order valence-electron chi connectivity index (χ0n) is 19.5. The van der Waals surface area contributed by atoms with Crippen molar-refractivity contribution in [3.05, 3.63) is 35.4 Å². The van der Waals surface area contributed by atoms with E-state index in [-0.39, 0.29) is 6.09 Å². The number of aliphatic imine (C=N–C) groups is 1. The fourth-order valence-electron chi connectivity index (χ4n) is 4.38. The number of likely N-dealkylation sites (N-methyl/N-ethyl adjacent to an activating group) is 1. The van der Waals surface area contributed by atoms with Crippen molar-refractivity contribution in [3.63, 3.8) is 0 Å². The zero-order valence-corrected chi connectivity index (χ0v) is 19.5. The highest BCUT2D eigenvalue weighted by atomic mass is 16.6. The number of carbonyl (C=O) groups excluding carboxylic acids is 1. The predicted molar refractivity (Wildman–Crippen MR) is 125 cm³/mol. The van der Waals surface area contributed by atoms with Crippen LogP contribution in [0.5, 0.6) is 0 Å². The molecule has 0 radical (unpaired) electrons. The Hall–Kier alpha value is -2.34. The maximum Gasteiger partial charge on any atom is 0.410 e. The number of amides is 1. The Morgan fingerprint density at radius 1 is 1.23 bits per heavy atom. The molecule has 0 aliphatic carbocycles. The van der Waals surface area contributed by atoms with Gasteiger partial charge in [-0.1, -0.05) is 12.1 Å². The largest absolute Gasteiger partial charge is 0.444 e. The molecule has 0 saturated carbocycles. The second kappa shape index (κ2) is 8.65. The van der Waals surface area contributed by atoms with Crippen LogP contribution in [0.15, 0.2) is 29.3 Å². The monoisotopic (exact) mass is 425 g/mol. The van der Waals surface area contributed by atoms with Crippen LogP contribution in [0.2, 0.25) is 0 Å². The molecule has 31 heavy (non-hydrogen) atoms. The summed E-state index contributed by atoms with van der Waals surface area (Å²) in [7, 11) is 2.16. The van der Waals surface area contributed by atoms with E-state index >= 15 is 0 Å². The van der Waals surface area contributed by atoms with E-state index in [1.807, 2.05) is 25.7 Å². The van der Waals surface area contributed by atoms with Gasteiger partial charge >= 0.3 is 6.09 Å². The van der Waals surface area contributed by atoms with Gasteiger partial charge in [-0.25, -0.2) is 4.79 Å². The van der Waals surface area contributed by atoms with E-state index in [0.717, 1.165) is 45.7 Å². The molecule has 0 bridgehead atoms. The first-order valence-corrected chi connectivity index (χ1v) is 11.4. The maximum atomic E-state index is 12.3. The number of allylic oxidation sites excluding steroid dienone is 1. The minimum Gasteiger partial charge on any atom is -0.444 e. The summed E-state index contributed by atoms with van der Waals surface area (Å²) in [6, 6.07) is 7.18. The number of ether oxygens (including phenoxy) is 2. The lowest BCUT2D eigenvalue weighted by molar-refractivity contribution is 0.0101. The Morgan fingerprint density at radius 3 is 2.55 bits per heavy atom. The second-order valence-corrected chi connectivity index (χ2v) is 9.96. The Labute approximate surface area is 185 Å². The number of hydrogen-bond acceptors (Lipinski definition) is 5. The highest BCUT2D eigenvalue weighted by Crippen LogP contribution is 2.31. The van der Waals surface area contributed by atoms with Crippen LogP contribution in [0.4, 0.5) is 10.5 Å². The van der Waals surface area contributed by atoms with Gasteiger partial charge in [-0.15, -0.1) is 0 Å². The first-order valence-electron chi connectivity index (χ1n) is 11.4. The molecule has 1 aromatic carbocycles. The Morgan fingerprint density at radius 2 is 1.94 bits per heavy atom. The van der Waals surface area contributed by atoms with E-state index in [1.54, 1.807) is 0 Å². The number of rotatable bonds is 4. The van der Waals surface area contributed by atoms with Crippen LogP contribution in [-0.4, -0.2) is 68.2 Å². The topological polar surface area (TPSA) is 54.4 Å². The normalized spacial score (nSPS) is 20.2. The van der Waals surface area contributed by atoms with E-state index in [0.29, 0.717) is 12.0 Å². The summed E-state index contributed by atoms with van der Waals surface area (Å²) in [5, 5.41) is 0. The summed E-state index contributed by atoms with van der Waals surface area (Å²) in [4.78, 5) is 21.3. The molecule has 2 saturated heterocycles. The quantitative estimate of drug-likeness (QED) is 0.721. The fraction of sp³-hybridized carbons (Fsp3) is 0.600. The van der Waals surface area contributed by atoms with Crippen LogP contribution in [0, 0.1) is 12.8 Å². The van der Waals surface area contributed by atoms with Gasteiger partial charge in [0.25, 0.3) is 0 Å². The van der Waals surface area contributed by atoms with Crippen LogP contribution < -0.4 is 4.90 Å². The molecule has 0 N–H and O–H groups in total. The van der Waals surface area contributed by atoms with Crippen molar-refractivity contribution >= 4 is 23.1 Å². The molecule has 168 valence electrons. The lowest BCUT2D eigenvalue weighted by atomic mass is 9.91. The molecular formula is C25H35N3O3. The zero-order chi connectivity index (χ0) is 22.2. The lowest BCUT2D eigenvalue weighted by Gasteiger charge is -2.37. The number of hydrogen-bond donors (Lipinski definition) is 0. The number of aryl methyl sites for hydroxylation is 1. The highest BCUT2D eigenvalue weighted by molar-refractivity contribution is 6.06. The van der Waals surface area contributed by atoms with Gasteiger partial charge in [-0.3, -0.25) is 4.99 Å². The van der Waals surface area contributed by atoms with Crippen LogP contribution in [0.25, 0.3) is 5.57 Å².